The molecule has 0 aromatic heterocycles. The van der Waals surface area contributed by atoms with Crippen LogP contribution in [-0.4, -0.2) is 19.0 Å². The summed E-state index contributed by atoms with van der Waals surface area (Å²) in [6.07, 6.45) is 7.40. The zero-order valence-corrected chi connectivity index (χ0v) is 13.0. The molecular weight excluding hydrogens is 260 g/mol. The first-order chi connectivity index (χ1) is 10.2. The first-order valence-electron chi connectivity index (χ1n) is 8.38. The summed E-state index contributed by atoms with van der Waals surface area (Å²) >= 11 is 0. The molecule has 3 nitrogen and oxygen atoms in total. The predicted octanol–water partition coefficient (Wildman–Crippen LogP) is 3.60. The van der Waals surface area contributed by atoms with E-state index in [1.54, 1.807) is 0 Å². The summed E-state index contributed by atoms with van der Waals surface area (Å²) in [5.74, 6) is 1.55. The van der Waals surface area contributed by atoms with Crippen molar-refractivity contribution in [3.8, 4) is 0 Å². The number of carbonyl (C=O) groups excluding carboxylic acids is 1. The third-order valence-corrected chi connectivity index (χ3v) is 4.92. The number of hydrogen-bond acceptors (Lipinski definition) is 2. The second kappa shape index (κ2) is 6.50. The average Bonchev–Trinajstić information content (AvgIpc) is 2.52. The van der Waals surface area contributed by atoms with Gasteiger partial charge in [-0.15, -0.1) is 0 Å². The highest BCUT2D eigenvalue weighted by atomic mass is 16.1. The lowest BCUT2D eigenvalue weighted by Gasteiger charge is -2.27. The van der Waals surface area contributed by atoms with Gasteiger partial charge >= 0.3 is 0 Å². The van der Waals surface area contributed by atoms with Crippen molar-refractivity contribution in [2.45, 2.75) is 45.4 Å². The van der Waals surface area contributed by atoms with Crippen molar-refractivity contribution >= 4 is 11.6 Å². The van der Waals surface area contributed by atoms with Gasteiger partial charge in [0.05, 0.1) is 11.3 Å². The van der Waals surface area contributed by atoms with Crippen molar-refractivity contribution in [2.75, 3.05) is 18.4 Å². The van der Waals surface area contributed by atoms with Crippen LogP contribution in [0.3, 0.4) is 0 Å². The molecule has 1 aromatic carbocycles. The molecule has 0 radical (unpaired) electrons. The van der Waals surface area contributed by atoms with Gasteiger partial charge in [0.25, 0.3) is 5.91 Å². The molecule has 3 heteroatoms. The lowest BCUT2D eigenvalue weighted by Crippen LogP contribution is -2.32. The number of carbonyl (C=O) groups is 1. The molecule has 21 heavy (non-hydrogen) atoms. The molecule has 1 fully saturated rings. The number of hydrogen-bond donors (Lipinski definition) is 2. The quantitative estimate of drug-likeness (QED) is 0.891. The second-order valence-corrected chi connectivity index (χ2v) is 6.72. The summed E-state index contributed by atoms with van der Waals surface area (Å²) in [7, 11) is 0. The van der Waals surface area contributed by atoms with E-state index in [2.05, 4.69) is 23.6 Å². The van der Waals surface area contributed by atoms with Gasteiger partial charge < -0.3 is 10.6 Å². The van der Waals surface area contributed by atoms with Gasteiger partial charge in [0.1, 0.15) is 0 Å². The summed E-state index contributed by atoms with van der Waals surface area (Å²) in [6.45, 7) is 4.12. The van der Waals surface area contributed by atoms with E-state index in [0.29, 0.717) is 5.92 Å². The zero-order valence-electron chi connectivity index (χ0n) is 13.0. The fourth-order valence-electron chi connectivity index (χ4n) is 3.78. The largest absolute Gasteiger partial charge is 0.384 e. The predicted molar refractivity (Wildman–Crippen MR) is 86.7 cm³/mol. The minimum atomic E-state index is 0.0828. The first-order valence-corrected chi connectivity index (χ1v) is 8.38. The summed E-state index contributed by atoms with van der Waals surface area (Å²) < 4.78 is 0. The number of fused-ring (bicyclic) bond motifs is 1. The molecule has 2 N–H and O–H groups in total. The molecule has 0 saturated heterocycles. The Morgan fingerprint density at radius 1 is 1.33 bits per heavy atom. The fraction of sp³-hybridized carbons (Fsp3) is 0.611. The normalized spacial score (nSPS) is 24.8. The Hall–Kier alpha value is -1.51. The minimum Gasteiger partial charge on any atom is -0.384 e. The van der Waals surface area contributed by atoms with Crippen LogP contribution < -0.4 is 10.6 Å². The molecule has 2 unspecified atom stereocenters. The van der Waals surface area contributed by atoms with Crippen LogP contribution in [-0.2, 0) is 6.42 Å². The van der Waals surface area contributed by atoms with E-state index in [4.69, 9.17) is 0 Å². The number of aryl methyl sites for hydroxylation is 1. The highest BCUT2D eigenvalue weighted by molar-refractivity contribution is 6.00. The van der Waals surface area contributed by atoms with Crippen LogP contribution in [0.15, 0.2) is 18.2 Å². The third kappa shape index (κ3) is 3.39. The fourth-order valence-corrected chi connectivity index (χ4v) is 3.78. The Bertz CT molecular complexity index is 512. The van der Waals surface area contributed by atoms with Crippen LogP contribution in [0.5, 0.6) is 0 Å². The van der Waals surface area contributed by atoms with Crippen LogP contribution in [0.25, 0.3) is 0 Å². The van der Waals surface area contributed by atoms with Gasteiger partial charge in [0.15, 0.2) is 0 Å². The molecular formula is C18H26N2O. The average molecular weight is 286 g/mol. The van der Waals surface area contributed by atoms with Crippen molar-refractivity contribution in [1.29, 1.82) is 0 Å². The Morgan fingerprint density at radius 2 is 2.24 bits per heavy atom. The first kappa shape index (κ1) is 14.4. The van der Waals surface area contributed by atoms with Gasteiger partial charge in [-0.05, 0) is 49.1 Å². The third-order valence-electron chi connectivity index (χ3n) is 4.92. The van der Waals surface area contributed by atoms with E-state index in [-0.39, 0.29) is 5.91 Å². The summed E-state index contributed by atoms with van der Waals surface area (Å²) in [5, 5.41) is 6.56. The van der Waals surface area contributed by atoms with E-state index in [9.17, 15) is 4.79 Å². The summed E-state index contributed by atoms with van der Waals surface area (Å²) in [5.41, 5.74) is 3.15. The van der Waals surface area contributed by atoms with E-state index in [1.165, 1.54) is 31.2 Å². The van der Waals surface area contributed by atoms with E-state index < -0.39 is 0 Å². The molecule has 0 spiro atoms. The van der Waals surface area contributed by atoms with Crippen molar-refractivity contribution in [3.63, 3.8) is 0 Å². The lowest BCUT2D eigenvalue weighted by molar-refractivity contribution is 0.0941. The summed E-state index contributed by atoms with van der Waals surface area (Å²) in [6, 6.07) is 6.07. The number of benzene rings is 1. The molecule has 1 amide bonds. The van der Waals surface area contributed by atoms with Crippen molar-refractivity contribution in [3.05, 3.63) is 29.3 Å². The highest BCUT2D eigenvalue weighted by Crippen LogP contribution is 2.29. The Balaban J connectivity index is 1.63. The smallest absolute Gasteiger partial charge is 0.253 e. The van der Waals surface area contributed by atoms with Crippen molar-refractivity contribution in [1.82, 2.24) is 5.32 Å². The molecule has 3 rings (SSSR count). The molecule has 1 aliphatic heterocycles. The van der Waals surface area contributed by atoms with Gasteiger partial charge in [0, 0.05) is 13.1 Å². The molecule has 2 atom stereocenters. The molecule has 1 saturated carbocycles. The maximum atomic E-state index is 12.5. The van der Waals surface area contributed by atoms with Gasteiger partial charge in [-0.1, -0.05) is 31.9 Å². The number of rotatable bonds is 3. The number of nitrogens with one attached hydrogen (secondary N) is 2. The van der Waals surface area contributed by atoms with E-state index in [1.807, 2.05) is 12.1 Å². The van der Waals surface area contributed by atoms with Crippen LogP contribution in [0.1, 0.15) is 54.9 Å². The van der Waals surface area contributed by atoms with Crippen LogP contribution >= 0.6 is 0 Å². The lowest BCUT2D eigenvalue weighted by atomic mass is 9.82. The van der Waals surface area contributed by atoms with Crippen LogP contribution in [0.2, 0.25) is 0 Å². The Labute approximate surface area is 127 Å². The molecule has 1 aromatic rings. The van der Waals surface area contributed by atoms with Gasteiger partial charge in [-0.25, -0.2) is 0 Å². The topological polar surface area (TPSA) is 41.1 Å². The van der Waals surface area contributed by atoms with Gasteiger partial charge in [0.2, 0.25) is 0 Å². The monoisotopic (exact) mass is 286 g/mol. The number of anilines is 1. The van der Waals surface area contributed by atoms with Gasteiger partial charge in [-0.2, -0.15) is 0 Å². The molecule has 1 aliphatic carbocycles. The standard InChI is InChI=1S/C18H26N2O/c1-13-5-2-6-14(11-13)12-20-18(21)16-9-3-7-15-8-4-10-19-17(15)16/h3,7,9,13-14,19H,2,4-6,8,10-12H2,1H3,(H,20,21). The second-order valence-electron chi connectivity index (χ2n) is 6.72. The van der Waals surface area contributed by atoms with E-state index in [0.717, 1.165) is 43.1 Å². The van der Waals surface area contributed by atoms with Gasteiger partial charge in [-0.3, -0.25) is 4.79 Å². The molecule has 0 bridgehead atoms. The van der Waals surface area contributed by atoms with Crippen LogP contribution in [0.4, 0.5) is 5.69 Å². The number of amides is 1. The van der Waals surface area contributed by atoms with E-state index >= 15 is 0 Å². The maximum absolute atomic E-state index is 12.5. The summed E-state index contributed by atoms with van der Waals surface area (Å²) in [4.78, 5) is 12.5. The maximum Gasteiger partial charge on any atom is 0.253 e. The van der Waals surface area contributed by atoms with Crippen molar-refractivity contribution in [2.24, 2.45) is 11.8 Å². The SMILES string of the molecule is CC1CCCC(CNC(=O)c2cccc3c2NCCC3)C1. The molecule has 1 heterocycles. The Morgan fingerprint density at radius 3 is 3.10 bits per heavy atom. The molecule has 2 aliphatic rings. The minimum absolute atomic E-state index is 0.0828. The highest BCUT2D eigenvalue weighted by Gasteiger charge is 2.21. The zero-order chi connectivity index (χ0) is 14.7. The number of para-hydroxylation sites is 1. The van der Waals surface area contributed by atoms with Crippen LogP contribution in [0, 0.1) is 11.8 Å². The molecule has 114 valence electrons. The van der Waals surface area contributed by atoms with Crippen molar-refractivity contribution < 1.29 is 4.79 Å². The Kier molecular flexibility index (Phi) is 4.47.